The van der Waals surface area contributed by atoms with Crippen LogP contribution in [0.4, 0.5) is 11.4 Å². The third-order valence-corrected chi connectivity index (χ3v) is 4.51. The van der Waals surface area contributed by atoms with Crippen LogP contribution in [-0.2, 0) is 10.0 Å². The molecule has 0 atom stereocenters. The highest BCUT2D eigenvalue weighted by atomic mass is 32.2. The maximum atomic E-state index is 12.1. The van der Waals surface area contributed by atoms with E-state index in [0.717, 1.165) is 4.31 Å². The van der Waals surface area contributed by atoms with Crippen molar-refractivity contribution in [3.05, 3.63) is 18.2 Å². The van der Waals surface area contributed by atoms with E-state index in [1.54, 1.807) is 12.1 Å². The molecule has 0 bridgehead atoms. The van der Waals surface area contributed by atoms with Gasteiger partial charge in [-0.05, 0) is 17.5 Å². The van der Waals surface area contributed by atoms with Crippen molar-refractivity contribution < 1.29 is 8.42 Å². The van der Waals surface area contributed by atoms with Gasteiger partial charge in [-0.25, -0.2) is 12.7 Å². The fourth-order valence-electron chi connectivity index (χ4n) is 1.48. The van der Waals surface area contributed by atoms with Gasteiger partial charge in [-0.3, -0.25) is 0 Å². The Bertz CT molecular complexity index is 545. The fraction of sp³-hybridized carbons (Fsp3) is 0.538. The zero-order valence-electron chi connectivity index (χ0n) is 12.2. The van der Waals surface area contributed by atoms with E-state index in [1.165, 1.54) is 20.2 Å². The number of nitrogens with two attached hydrogens (primary N) is 1. The number of hydrogen-bond acceptors (Lipinski definition) is 4. The van der Waals surface area contributed by atoms with Crippen molar-refractivity contribution in [3.63, 3.8) is 0 Å². The molecule has 1 aromatic rings. The van der Waals surface area contributed by atoms with E-state index in [4.69, 9.17) is 5.73 Å². The van der Waals surface area contributed by atoms with Crippen LogP contribution in [0, 0.1) is 5.41 Å². The van der Waals surface area contributed by atoms with Gasteiger partial charge in [0.25, 0.3) is 0 Å². The quantitative estimate of drug-likeness (QED) is 0.829. The van der Waals surface area contributed by atoms with Crippen LogP contribution in [0.1, 0.15) is 20.8 Å². The summed E-state index contributed by atoms with van der Waals surface area (Å²) in [6, 6.07) is 5.00. The van der Waals surface area contributed by atoms with Crippen molar-refractivity contribution >= 4 is 21.4 Å². The number of hydrogen-bond donors (Lipinski definition) is 2. The second-order valence-electron chi connectivity index (χ2n) is 5.92. The van der Waals surface area contributed by atoms with Crippen LogP contribution < -0.4 is 11.1 Å². The molecule has 0 saturated carbocycles. The minimum Gasteiger partial charge on any atom is -0.396 e. The van der Waals surface area contributed by atoms with Crippen LogP contribution in [-0.4, -0.2) is 33.4 Å². The van der Waals surface area contributed by atoms with Gasteiger partial charge < -0.3 is 11.1 Å². The van der Waals surface area contributed by atoms with Crippen LogP contribution in [0.5, 0.6) is 0 Å². The Morgan fingerprint density at radius 2 is 1.84 bits per heavy atom. The molecule has 0 spiro atoms. The number of benzene rings is 1. The lowest BCUT2D eigenvalue weighted by molar-refractivity contribution is 0.443. The molecule has 0 aromatic heterocycles. The summed E-state index contributed by atoms with van der Waals surface area (Å²) in [5.74, 6) is 0. The molecule has 0 aliphatic carbocycles. The molecule has 0 unspecified atom stereocenters. The zero-order chi connectivity index (χ0) is 14.8. The molecule has 5 nitrogen and oxygen atoms in total. The van der Waals surface area contributed by atoms with Crippen molar-refractivity contribution in [1.82, 2.24) is 4.31 Å². The normalized spacial score (nSPS) is 12.7. The van der Waals surface area contributed by atoms with Crippen molar-refractivity contribution in [1.29, 1.82) is 0 Å². The second kappa shape index (κ2) is 5.38. The Balaban J connectivity index is 3.13. The second-order valence-corrected chi connectivity index (χ2v) is 8.04. The largest absolute Gasteiger partial charge is 0.396 e. The molecule has 0 aliphatic rings. The number of sulfonamides is 1. The number of rotatable bonds is 4. The van der Waals surface area contributed by atoms with Crippen molar-refractivity contribution in [2.24, 2.45) is 5.41 Å². The molecular weight excluding hydrogens is 262 g/mol. The molecule has 1 rings (SSSR count). The predicted molar refractivity (Wildman–Crippen MR) is 79.7 cm³/mol. The Morgan fingerprint density at radius 1 is 1.26 bits per heavy atom. The van der Waals surface area contributed by atoms with E-state index in [2.05, 4.69) is 26.1 Å². The zero-order valence-corrected chi connectivity index (χ0v) is 13.0. The first-order chi connectivity index (χ1) is 8.55. The van der Waals surface area contributed by atoms with Gasteiger partial charge >= 0.3 is 0 Å². The van der Waals surface area contributed by atoms with Gasteiger partial charge in [0.15, 0.2) is 0 Å². The molecule has 0 fully saturated rings. The lowest BCUT2D eigenvalue weighted by atomic mass is 9.97. The van der Waals surface area contributed by atoms with Crippen molar-refractivity contribution in [3.8, 4) is 0 Å². The van der Waals surface area contributed by atoms with Gasteiger partial charge in [0.05, 0.1) is 11.4 Å². The third kappa shape index (κ3) is 3.84. The lowest BCUT2D eigenvalue weighted by Crippen LogP contribution is -2.24. The van der Waals surface area contributed by atoms with E-state index in [0.29, 0.717) is 12.2 Å². The van der Waals surface area contributed by atoms with Gasteiger partial charge in [0, 0.05) is 20.6 Å². The van der Waals surface area contributed by atoms with Crippen LogP contribution in [0.2, 0.25) is 0 Å². The lowest BCUT2D eigenvalue weighted by Gasteiger charge is -2.21. The van der Waals surface area contributed by atoms with Gasteiger partial charge in [-0.1, -0.05) is 26.8 Å². The van der Waals surface area contributed by atoms with Crippen LogP contribution in [0.25, 0.3) is 0 Å². The molecule has 108 valence electrons. The van der Waals surface area contributed by atoms with E-state index < -0.39 is 10.0 Å². The van der Waals surface area contributed by atoms with Gasteiger partial charge in [0.1, 0.15) is 4.90 Å². The van der Waals surface area contributed by atoms with Crippen molar-refractivity contribution in [2.75, 3.05) is 31.7 Å². The van der Waals surface area contributed by atoms with Gasteiger partial charge in [-0.2, -0.15) is 0 Å². The average molecular weight is 285 g/mol. The third-order valence-electron chi connectivity index (χ3n) is 2.63. The molecule has 0 saturated heterocycles. The first-order valence-electron chi connectivity index (χ1n) is 6.10. The minimum atomic E-state index is -3.52. The van der Waals surface area contributed by atoms with E-state index in [-0.39, 0.29) is 16.0 Å². The van der Waals surface area contributed by atoms with E-state index in [1.807, 2.05) is 0 Å². The van der Waals surface area contributed by atoms with Crippen molar-refractivity contribution in [2.45, 2.75) is 25.7 Å². The smallest absolute Gasteiger partial charge is 0.244 e. The SMILES string of the molecule is CN(C)S(=O)(=O)c1cccc(NCC(C)(C)C)c1N. The molecule has 1 aromatic carbocycles. The molecule has 0 amide bonds. The molecule has 19 heavy (non-hydrogen) atoms. The van der Waals surface area contributed by atoms with E-state index >= 15 is 0 Å². The van der Waals surface area contributed by atoms with Crippen LogP contribution in [0.3, 0.4) is 0 Å². The Kier molecular flexibility index (Phi) is 4.47. The molecule has 6 heteroatoms. The average Bonchev–Trinajstić information content (AvgIpc) is 2.26. The maximum Gasteiger partial charge on any atom is 0.244 e. The molecule has 0 heterocycles. The van der Waals surface area contributed by atoms with E-state index in [9.17, 15) is 8.42 Å². The molecular formula is C13H23N3O2S. The van der Waals surface area contributed by atoms with Crippen LogP contribution in [0.15, 0.2) is 23.1 Å². The summed E-state index contributed by atoms with van der Waals surface area (Å²) in [5, 5.41) is 3.20. The summed E-state index contributed by atoms with van der Waals surface area (Å²) in [5.41, 5.74) is 6.97. The molecule has 3 N–H and O–H groups in total. The summed E-state index contributed by atoms with van der Waals surface area (Å²) in [7, 11) is -0.535. The number of nitrogen functional groups attached to an aromatic ring is 1. The summed E-state index contributed by atoms with van der Waals surface area (Å²) in [6.45, 7) is 6.99. The monoisotopic (exact) mass is 285 g/mol. The summed E-state index contributed by atoms with van der Waals surface area (Å²) in [6.07, 6.45) is 0. The first kappa shape index (κ1) is 15.8. The first-order valence-corrected chi connectivity index (χ1v) is 7.54. The highest BCUT2D eigenvalue weighted by molar-refractivity contribution is 7.89. The summed E-state index contributed by atoms with van der Waals surface area (Å²) in [4.78, 5) is 0.136. The number of nitrogens with one attached hydrogen (secondary N) is 1. The molecule has 0 radical (unpaired) electrons. The minimum absolute atomic E-state index is 0.0862. The Labute approximate surface area is 115 Å². The highest BCUT2D eigenvalue weighted by Gasteiger charge is 2.22. The number of anilines is 2. The Morgan fingerprint density at radius 3 is 2.32 bits per heavy atom. The maximum absolute atomic E-state index is 12.1. The van der Waals surface area contributed by atoms with Gasteiger partial charge in [-0.15, -0.1) is 0 Å². The van der Waals surface area contributed by atoms with Crippen LogP contribution >= 0.6 is 0 Å². The highest BCUT2D eigenvalue weighted by Crippen LogP contribution is 2.29. The van der Waals surface area contributed by atoms with Gasteiger partial charge in [0.2, 0.25) is 10.0 Å². The topological polar surface area (TPSA) is 75.4 Å². The number of nitrogens with zero attached hydrogens (tertiary/aromatic N) is 1. The standard InChI is InChI=1S/C13H23N3O2S/c1-13(2,3)9-15-10-7-6-8-11(12(10)14)19(17,18)16(4)5/h6-8,15H,9,14H2,1-5H3. The molecule has 0 aliphatic heterocycles. The predicted octanol–water partition coefficient (Wildman–Crippen LogP) is 1.98. The number of para-hydroxylation sites is 1. The summed E-state index contributed by atoms with van der Waals surface area (Å²) < 4.78 is 25.4. The Hall–Kier alpha value is -1.27. The fourth-order valence-corrected chi connectivity index (χ4v) is 2.51. The summed E-state index contributed by atoms with van der Waals surface area (Å²) >= 11 is 0.